The predicted molar refractivity (Wildman–Crippen MR) is 90.8 cm³/mol. The van der Waals surface area contributed by atoms with Crippen LogP contribution in [0.15, 0.2) is 29.2 Å². The van der Waals surface area contributed by atoms with Crippen molar-refractivity contribution in [2.75, 3.05) is 40.5 Å². The van der Waals surface area contributed by atoms with Crippen LogP contribution in [0.1, 0.15) is 12.5 Å². The van der Waals surface area contributed by atoms with Gasteiger partial charge in [0.2, 0.25) is 0 Å². The lowest BCUT2D eigenvalue weighted by Gasteiger charge is -2.21. The zero-order valence-corrected chi connectivity index (χ0v) is 14.5. The normalized spacial score (nSPS) is 12.3. The fraction of sp³-hybridized carbons (Fsp3) is 0.562. The SMILES string of the molecule is CSc1cccc(CN(C)C(=O)NCC(C)CN(C)C)c1. The van der Waals surface area contributed by atoms with Crippen LogP contribution in [0.25, 0.3) is 0 Å². The van der Waals surface area contributed by atoms with E-state index in [4.69, 9.17) is 0 Å². The smallest absolute Gasteiger partial charge is 0.317 e. The molecule has 1 aromatic rings. The molecule has 0 aromatic heterocycles. The van der Waals surface area contributed by atoms with Gasteiger partial charge >= 0.3 is 6.03 Å². The number of urea groups is 1. The molecule has 1 rings (SSSR count). The van der Waals surface area contributed by atoms with Crippen molar-refractivity contribution < 1.29 is 4.79 Å². The molecule has 2 amide bonds. The molecule has 0 fully saturated rings. The molecule has 1 atom stereocenters. The third kappa shape index (κ3) is 6.87. The van der Waals surface area contributed by atoms with E-state index in [-0.39, 0.29) is 6.03 Å². The van der Waals surface area contributed by atoms with E-state index in [2.05, 4.69) is 41.6 Å². The van der Waals surface area contributed by atoms with E-state index in [1.165, 1.54) is 4.90 Å². The summed E-state index contributed by atoms with van der Waals surface area (Å²) in [6.45, 7) is 4.44. The third-order valence-electron chi connectivity index (χ3n) is 3.18. The van der Waals surface area contributed by atoms with Gasteiger partial charge in [0.25, 0.3) is 0 Å². The van der Waals surface area contributed by atoms with Gasteiger partial charge in [-0.2, -0.15) is 0 Å². The van der Waals surface area contributed by atoms with Crippen molar-refractivity contribution in [2.24, 2.45) is 5.92 Å². The molecule has 0 bridgehead atoms. The van der Waals surface area contributed by atoms with E-state index in [0.717, 1.165) is 12.1 Å². The van der Waals surface area contributed by atoms with Gasteiger partial charge in [-0.05, 0) is 44.0 Å². The average molecular weight is 309 g/mol. The molecule has 0 aliphatic heterocycles. The number of hydrogen-bond donors (Lipinski definition) is 1. The second-order valence-electron chi connectivity index (χ2n) is 5.76. The fourth-order valence-corrected chi connectivity index (χ4v) is 2.68. The number of nitrogens with one attached hydrogen (secondary N) is 1. The number of nitrogens with zero attached hydrogens (tertiary/aromatic N) is 2. The van der Waals surface area contributed by atoms with Crippen LogP contribution in [0.4, 0.5) is 4.79 Å². The quantitative estimate of drug-likeness (QED) is 0.787. The topological polar surface area (TPSA) is 35.6 Å². The van der Waals surface area contributed by atoms with Crippen LogP contribution >= 0.6 is 11.8 Å². The average Bonchev–Trinajstić information content (AvgIpc) is 2.44. The van der Waals surface area contributed by atoms with Crippen molar-refractivity contribution in [3.8, 4) is 0 Å². The molecular formula is C16H27N3OS. The Balaban J connectivity index is 2.43. The molecule has 0 aliphatic carbocycles. The van der Waals surface area contributed by atoms with Crippen LogP contribution in [-0.2, 0) is 6.54 Å². The van der Waals surface area contributed by atoms with Crippen LogP contribution in [-0.4, -0.2) is 56.3 Å². The van der Waals surface area contributed by atoms with Crippen molar-refractivity contribution in [1.82, 2.24) is 15.1 Å². The van der Waals surface area contributed by atoms with Crippen molar-refractivity contribution in [1.29, 1.82) is 0 Å². The number of carbonyl (C=O) groups excluding carboxylic acids is 1. The van der Waals surface area contributed by atoms with Gasteiger partial charge in [0.05, 0.1) is 0 Å². The number of carbonyl (C=O) groups is 1. The lowest BCUT2D eigenvalue weighted by molar-refractivity contribution is 0.203. The molecule has 1 N–H and O–H groups in total. The summed E-state index contributed by atoms with van der Waals surface area (Å²) in [4.78, 5) is 17.2. The maximum Gasteiger partial charge on any atom is 0.317 e. The van der Waals surface area contributed by atoms with E-state index in [0.29, 0.717) is 19.0 Å². The lowest BCUT2D eigenvalue weighted by atomic mass is 10.2. The highest BCUT2D eigenvalue weighted by molar-refractivity contribution is 7.98. The Morgan fingerprint density at radius 1 is 1.33 bits per heavy atom. The molecule has 5 heteroatoms. The first-order valence-electron chi connectivity index (χ1n) is 7.19. The first-order valence-corrected chi connectivity index (χ1v) is 8.41. The van der Waals surface area contributed by atoms with E-state index >= 15 is 0 Å². The molecule has 0 heterocycles. The molecule has 4 nitrogen and oxygen atoms in total. The standard InChI is InChI=1S/C16H27N3OS/c1-13(11-18(2)3)10-17-16(20)19(4)12-14-7-6-8-15(9-14)21-5/h6-9,13H,10-12H2,1-5H3,(H,17,20). The van der Waals surface area contributed by atoms with Crippen molar-refractivity contribution >= 4 is 17.8 Å². The van der Waals surface area contributed by atoms with Gasteiger partial charge in [-0.15, -0.1) is 11.8 Å². The first-order chi connectivity index (χ1) is 9.92. The molecule has 118 valence electrons. The van der Waals surface area contributed by atoms with Crippen molar-refractivity contribution in [2.45, 2.75) is 18.4 Å². The second kappa shape index (κ2) is 8.95. The Labute approximate surface area is 132 Å². The van der Waals surface area contributed by atoms with Gasteiger partial charge in [0, 0.05) is 31.6 Å². The molecule has 1 unspecified atom stereocenters. The highest BCUT2D eigenvalue weighted by Crippen LogP contribution is 2.16. The molecule has 0 aliphatic rings. The number of amides is 2. The van der Waals surface area contributed by atoms with Crippen LogP contribution in [0.3, 0.4) is 0 Å². The maximum atomic E-state index is 12.1. The monoisotopic (exact) mass is 309 g/mol. The Morgan fingerprint density at radius 2 is 2.05 bits per heavy atom. The summed E-state index contributed by atoms with van der Waals surface area (Å²) in [6.07, 6.45) is 2.06. The highest BCUT2D eigenvalue weighted by Gasteiger charge is 2.11. The lowest BCUT2D eigenvalue weighted by Crippen LogP contribution is -2.40. The molecular weight excluding hydrogens is 282 g/mol. The van der Waals surface area contributed by atoms with Crippen molar-refractivity contribution in [3.05, 3.63) is 29.8 Å². The predicted octanol–water partition coefficient (Wildman–Crippen LogP) is 2.75. The van der Waals surface area contributed by atoms with Gasteiger partial charge in [-0.1, -0.05) is 19.1 Å². The second-order valence-corrected chi connectivity index (χ2v) is 6.64. The summed E-state index contributed by atoms with van der Waals surface area (Å²) < 4.78 is 0. The Kier molecular flexibility index (Phi) is 7.61. The first kappa shape index (κ1) is 17.9. The van der Waals surface area contributed by atoms with Gasteiger partial charge < -0.3 is 15.1 Å². The summed E-state index contributed by atoms with van der Waals surface area (Å²) in [5.74, 6) is 0.442. The zero-order chi connectivity index (χ0) is 15.8. The molecule has 0 saturated carbocycles. The van der Waals surface area contributed by atoms with Gasteiger partial charge in [0.1, 0.15) is 0 Å². The summed E-state index contributed by atoms with van der Waals surface area (Å²) in [5, 5.41) is 2.99. The Hall–Kier alpha value is -1.20. The molecule has 1 aromatic carbocycles. The van der Waals surface area contributed by atoms with Gasteiger partial charge in [0.15, 0.2) is 0 Å². The number of benzene rings is 1. The summed E-state index contributed by atoms with van der Waals surface area (Å²) >= 11 is 1.71. The van der Waals surface area contributed by atoms with Crippen molar-refractivity contribution in [3.63, 3.8) is 0 Å². The summed E-state index contributed by atoms with van der Waals surface area (Å²) in [5.41, 5.74) is 1.15. The Bertz CT molecular complexity index is 451. The minimum atomic E-state index is -0.0184. The van der Waals surface area contributed by atoms with Gasteiger partial charge in [-0.3, -0.25) is 0 Å². The molecule has 0 saturated heterocycles. The summed E-state index contributed by atoms with van der Waals surface area (Å²) in [7, 11) is 5.92. The van der Waals surface area contributed by atoms with E-state index in [1.54, 1.807) is 16.7 Å². The highest BCUT2D eigenvalue weighted by atomic mass is 32.2. The minimum Gasteiger partial charge on any atom is -0.338 e. The minimum absolute atomic E-state index is 0.0184. The molecule has 21 heavy (non-hydrogen) atoms. The number of hydrogen-bond acceptors (Lipinski definition) is 3. The maximum absolute atomic E-state index is 12.1. The van der Waals surface area contributed by atoms with Crippen LogP contribution in [0.2, 0.25) is 0 Å². The largest absolute Gasteiger partial charge is 0.338 e. The molecule has 0 radical (unpaired) electrons. The van der Waals surface area contributed by atoms with E-state index in [9.17, 15) is 4.79 Å². The van der Waals surface area contributed by atoms with Crippen LogP contribution < -0.4 is 5.32 Å². The zero-order valence-electron chi connectivity index (χ0n) is 13.7. The fourth-order valence-electron chi connectivity index (χ4n) is 2.20. The number of thioether (sulfide) groups is 1. The Morgan fingerprint density at radius 3 is 2.67 bits per heavy atom. The van der Waals surface area contributed by atoms with E-state index < -0.39 is 0 Å². The van der Waals surface area contributed by atoms with E-state index in [1.807, 2.05) is 27.2 Å². The van der Waals surface area contributed by atoms with Gasteiger partial charge in [-0.25, -0.2) is 4.79 Å². The van der Waals surface area contributed by atoms with Crippen LogP contribution in [0.5, 0.6) is 0 Å². The summed E-state index contributed by atoms with van der Waals surface area (Å²) in [6, 6.07) is 8.28. The molecule has 0 spiro atoms. The third-order valence-corrected chi connectivity index (χ3v) is 3.90. The number of rotatable bonds is 7. The van der Waals surface area contributed by atoms with Crippen LogP contribution in [0, 0.1) is 5.92 Å².